The minimum absolute atomic E-state index is 0.138. The van der Waals surface area contributed by atoms with Crippen LogP contribution in [0, 0.1) is 10.1 Å². The van der Waals surface area contributed by atoms with E-state index in [1.807, 2.05) is 0 Å². The van der Waals surface area contributed by atoms with Gasteiger partial charge in [-0.25, -0.2) is 4.98 Å². The van der Waals surface area contributed by atoms with Crippen LogP contribution in [0.4, 0.5) is 5.69 Å². The van der Waals surface area contributed by atoms with Gasteiger partial charge in [-0.05, 0) is 17.7 Å². The average molecular weight is 470 g/mol. The predicted octanol–water partition coefficient (Wildman–Crippen LogP) is 2.89. The number of methoxy groups -OCH3 is 3. The van der Waals surface area contributed by atoms with Crippen LogP contribution in [0.15, 0.2) is 48.8 Å². The summed E-state index contributed by atoms with van der Waals surface area (Å²) in [5.41, 5.74) is 0.130. The second kappa shape index (κ2) is 11.1. The monoisotopic (exact) mass is 470 g/mol. The van der Waals surface area contributed by atoms with Crippen LogP contribution < -0.4 is 19.5 Å². The van der Waals surface area contributed by atoms with Crippen molar-refractivity contribution in [2.45, 2.75) is 6.04 Å². The van der Waals surface area contributed by atoms with Gasteiger partial charge in [0.1, 0.15) is 29.8 Å². The van der Waals surface area contributed by atoms with Crippen molar-refractivity contribution in [3.05, 3.63) is 75.9 Å². The molecule has 0 spiro atoms. The maximum Gasteiger partial charge on any atom is 0.286 e. The normalized spacial score (nSPS) is 11.5. The number of nitrogens with one attached hydrogen (secondary N) is 1. The SMILES string of the molecule is COCCOc1cc([N+](=O)[O-])c(C(=O)NC(c2ccc(OC)cc2)c2nccn2C)cc1OC. The van der Waals surface area contributed by atoms with Crippen LogP contribution >= 0.6 is 0 Å². The van der Waals surface area contributed by atoms with Crippen LogP contribution in [-0.2, 0) is 11.8 Å². The highest BCUT2D eigenvalue weighted by Crippen LogP contribution is 2.35. The standard InChI is InChI=1S/C23H26N4O7/c1-26-10-9-24-22(26)21(15-5-7-16(32-3)8-6-15)25-23(28)17-13-19(33-4)20(34-12-11-31-2)14-18(17)27(29)30/h5-10,13-14,21H,11-12H2,1-4H3,(H,25,28). The summed E-state index contributed by atoms with van der Waals surface area (Å²) in [7, 11) is 6.25. The maximum atomic E-state index is 13.3. The first-order valence-corrected chi connectivity index (χ1v) is 10.3. The predicted molar refractivity (Wildman–Crippen MR) is 123 cm³/mol. The molecular formula is C23H26N4O7. The van der Waals surface area contributed by atoms with Crippen LogP contribution in [0.5, 0.6) is 17.2 Å². The van der Waals surface area contributed by atoms with E-state index in [0.29, 0.717) is 11.6 Å². The first-order chi connectivity index (χ1) is 16.4. The van der Waals surface area contributed by atoms with Gasteiger partial charge in [-0.2, -0.15) is 0 Å². The van der Waals surface area contributed by atoms with Gasteiger partial charge in [-0.1, -0.05) is 12.1 Å². The Hall–Kier alpha value is -4.12. The van der Waals surface area contributed by atoms with Crippen LogP contribution in [0.1, 0.15) is 27.8 Å². The van der Waals surface area contributed by atoms with Gasteiger partial charge in [0, 0.05) is 32.6 Å². The lowest BCUT2D eigenvalue weighted by Crippen LogP contribution is -2.31. The van der Waals surface area contributed by atoms with E-state index in [4.69, 9.17) is 18.9 Å². The lowest BCUT2D eigenvalue weighted by molar-refractivity contribution is -0.385. The van der Waals surface area contributed by atoms with Crippen molar-refractivity contribution in [1.29, 1.82) is 0 Å². The second-order valence-electron chi connectivity index (χ2n) is 7.19. The van der Waals surface area contributed by atoms with E-state index in [2.05, 4.69) is 10.3 Å². The van der Waals surface area contributed by atoms with E-state index >= 15 is 0 Å². The minimum Gasteiger partial charge on any atom is -0.497 e. The molecule has 34 heavy (non-hydrogen) atoms. The summed E-state index contributed by atoms with van der Waals surface area (Å²) in [5.74, 6) is 0.853. The Morgan fingerprint density at radius 2 is 1.85 bits per heavy atom. The number of imidazole rings is 1. The average Bonchev–Trinajstić information content (AvgIpc) is 3.27. The molecule has 1 aromatic heterocycles. The third-order valence-electron chi connectivity index (χ3n) is 5.11. The van der Waals surface area contributed by atoms with Gasteiger partial charge in [-0.15, -0.1) is 0 Å². The molecule has 0 saturated heterocycles. The molecule has 1 atom stereocenters. The zero-order valence-corrected chi connectivity index (χ0v) is 19.3. The van der Waals surface area contributed by atoms with Crippen molar-refractivity contribution in [2.24, 2.45) is 7.05 Å². The molecule has 0 bridgehead atoms. The van der Waals surface area contributed by atoms with Crippen molar-refractivity contribution in [3.8, 4) is 17.2 Å². The van der Waals surface area contributed by atoms with E-state index in [0.717, 1.165) is 5.56 Å². The summed E-state index contributed by atoms with van der Waals surface area (Å²) in [6.45, 7) is 0.445. The first-order valence-electron chi connectivity index (χ1n) is 10.3. The molecular weight excluding hydrogens is 444 g/mol. The van der Waals surface area contributed by atoms with Gasteiger partial charge in [0.25, 0.3) is 11.6 Å². The number of ether oxygens (including phenoxy) is 4. The molecule has 0 fully saturated rings. The molecule has 1 unspecified atom stereocenters. The second-order valence-corrected chi connectivity index (χ2v) is 7.19. The highest BCUT2D eigenvalue weighted by atomic mass is 16.6. The van der Waals surface area contributed by atoms with Crippen molar-refractivity contribution in [1.82, 2.24) is 14.9 Å². The zero-order chi connectivity index (χ0) is 24.7. The van der Waals surface area contributed by atoms with E-state index < -0.39 is 22.6 Å². The van der Waals surface area contributed by atoms with Crippen molar-refractivity contribution in [2.75, 3.05) is 34.5 Å². The fraction of sp³-hybridized carbons (Fsp3) is 0.304. The Morgan fingerprint density at radius 1 is 1.12 bits per heavy atom. The Morgan fingerprint density at radius 3 is 2.41 bits per heavy atom. The molecule has 0 aliphatic carbocycles. The van der Waals surface area contributed by atoms with Crippen LogP contribution in [0.3, 0.4) is 0 Å². The highest BCUT2D eigenvalue weighted by molar-refractivity contribution is 5.99. The number of amides is 1. The zero-order valence-electron chi connectivity index (χ0n) is 19.3. The van der Waals surface area contributed by atoms with E-state index in [1.165, 1.54) is 26.4 Å². The molecule has 2 aromatic carbocycles. The molecule has 1 heterocycles. The largest absolute Gasteiger partial charge is 0.497 e. The molecule has 0 aliphatic rings. The van der Waals surface area contributed by atoms with E-state index in [-0.39, 0.29) is 30.3 Å². The van der Waals surface area contributed by atoms with Gasteiger partial charge in [-0.3, -0.25) is 14.9 Å². The van der Waals surface area contributed by atoms with Crippen molar-refractivity contribution in [3.63, 3.8) is 0 Å². The first kappa shape index (κ1) is 24.5. The van der Waals surface area contributed by atoms with Crippen LogP contribution in [0.25, 0.3) is 0 Å². The Bertz CT molecular complexity index is 1140. The highest BCUT2D eigenvalue weighted by Gasteiger charge is 2.28. The lowest BCUT2D eigenvalue weighted by Gasteiger charge is -2.20. The number of aryl methyl sites for hydroxylation is 1. The molecule has 3 aromatic rings. The lowest BCUT2D eigenvalue weighted by atomic mass is 10.0. The van der Waals surface area contributed by atoms with E-state index in [9.17, 15) is 14.9 Å². The van der Waals surface area contributed by atoms with Crippen molar-refractivity contribution >= 4 is 11.6 Å². The number of nitrogens with zero attached hydrogens (tertiary/aromatic N) is 3. The Kier molecular flexibility index (Phi) is 8.04. The third-order valence-corrected chi connectivity index (χ3v) is 5.11. The van der Waals surface area contributed by atoms with Gasteiger partial charge < -0.3 is 28.8 Å². The quantitative estimate of drug-likeness (QED) is 0.257. The molecule has 11 heteroatoms. The third kappa shape index (κ3) is 5.44. The molecule has 3 rings (SSSR count). The molecule has 11 nitrogen and oxygen atoms in total. The number of rotatable bonds is 11. The van der Waals surface area contributed by atoms with Gasteiger partial charge in [0.05, 0.1) is 31.8 Å². The number of nitro groups is 1. The summed E-state index contributed by atoms with van der Waals surface area (Å²) < 4.78 is 22.8. The fourth-order valence-electron chi connectivity index (χ4n) is 3.35. The summed E-state index contributed by atoms with van der Waals surface area (Å²) >= 11 is 0. The number of nitro benzene ring substituents is 1. The smallest absolute Gasteiger partial charge is 0.286 e. The number of carbonyl (C=O) groups is 1. The number of hydrogen-bond acceptors (Lipinski definition) is 8. The fourth-order valence-corrected chi connectivity index (χ4v) is 3.35. The van der Waals surface area contributed by atoms with Crippen molar-refractivity contribution < 1.29 is 28.7 Å². The maximum absolute atomic E-state index is 13.3. The van der Waals surface area contributed by atoms with Crippen LogP contribution in [0.2, 0.25) is 0 Å². The summed E-state index contributed by atoms with van der Waals surface area (Å²) in [6, 6.07) is 8.89. The number of hydrogen-bond donors (Lipinski definition) is 1. The van der Waals surface area contributed by atoms with Gasteiger partial charge >= 0.3 is 0 Å². The van der Waals surface area contributed by atoms with Crippen LogP contribution in [-0.4, -0.2) is 54.9 Å². The summed E-state index contributed by atoms with van der Waals surface area (Å²) in [6.07, 6.45) is 3.35. The molecule has 0 radical (unpaired) electrons. The Balaban J connectivity index is 1.99. The Labute approximate surface area is 196 Å². The number of carbonyl (C=O) groups excluding carboxylic acids is 1. The van der Waals surface area contributed by atoms with Gasteiger partial charge in [0.15, 0.2) is 11.5 Å². The number of benzene rings is 2. The summed E-state index contributed by atoms with van der Waals surface area (Å²) in [4.78, 5) is 28.8. The topological polar surface area (TPSA) is 127 Å². The summed E-state index contributed by atoms with van der Waals surface area (Å²) in [5, 5.41) is 14.7. The molecule has 0 saturated carbocycles. The van der Waals surface area contributed by atoms with Gasteiger partial charge in [0.2, 0.25) is 0 Å². The molecule has 180 valence electrons. The van der Waals surface area contributed by atoms with E-state index in [1.54, 1.807) is 55.4 Å². The minimum atomic E-state index is -0.679. The molecule has 0 aliphatic heterocycles. The molecule has 1 amide bonds. The molecule has 1 N–H and O–H groups in total. The number of aromatic nitrogens is 2.